The third kappa shape index (κ3) is 7.25. The molecule has 31 heavy (non-hydrogen) atoms. The Balaban J connectivity index is 0.00000341. The van der Waals surface area contributed by atoms with Crippen LogP contribution in [0.1, 0.15) is 29.5 Å². The SMILES string of the molecule is CN=C(NCc1ccc(N2CCOCC2)cc1C(F)(F)F)NCC(C)c1ccsc1.I. The minimum Gasteiger partial charge on any atom is -0.378 e. The number of ether oxygens (including phenoxy) is 1. The van der Waals surface area contributed by atoms with Crippen LogP contribution in [0.3, 0.4) is 0 Å². The zero-order valence-corrected chi connectivity index (χ0v) is 20.7. The van der Waals surface area contributed by atoms with Gasteiger partial charge in [0.1, 0.15) is 0 Å². The van der Waals surface area contributed by atoms with Gasteiger partial charge in [0.25, 0.3) is 0 Å². The predicted octanol–water partition coefficient (Wildman–Crippen LogP) is 4.69. The molecule has 1 unspecified atom stereocenters. The number of thiophene rings is 1. The zero-order valence-electron chi connectivity index (χ0n) is 17.5. The molecule has 0 saturated carbocycles. The first-order valence-electron chi connectivity index (χ1n) is 9.88. The van der Waals surface area contributed by atoms with Crippen LogP contribution in [0.15, 0.2) is 40.0 Å². The molecule has 0 radical (unpaired) electrons. The number of hydrogen-bond donors (Lipinski definition) is 2. The summed E-state index contributed by atoms with van der Waals surface area (Å²) in [5.41, 5.74) is 1.36. The number of guanidine groups is 1. The molecule has 1 aliphatic rings. The van der Waals surface area contributed by atoms with Crippen LogP contribution >= 0.6 is 35.3 Å². The van der Waals surface area contributed by atoms with Crippen molar-refractivity contribution in [1.82, 2.24) is 10.6 Å². The van der Waals surface area contributed by atoms with Gasteiger partial charge in [0, 0.05) is 38.9 Å². The van der Waals surface area contributed by atoms with Gasteiger partial charge >= 0.3 is 6.18 Å². The molecule has 172 valence electrons. The number of halogens is 4. The van der Waals surface area contributed by atoms with Crippen molar-refractivity contribution < 1.29 is 17.9 Å². The fraction of sp³-hybridized carbons (Fsp3) is 0.476. The van der Waals surface area contributed by atoms with Crippen LogP contribution in [0, 0.1) is 0 Å². The molecule has 1 aliphatic heterocycles. The van der Waals surface area contributed by atoms with Crippen LogP contribution < -0.4 is 15.5 Å². The van der Waals surface area contributed by atoms with Gasteiger partial charge in [-0.1, -0.05) is 13.0 Å². The highest BCUT2D eigenvalue weighted by atomic mass is 127. The summed E-state index contributed by atoms with van der Waals surface area (Å²) < 4.78 is 46.4. The van der Waals surface area contributed by atoms with Crippen LogP contribution in [0.4, 0.5) is 18.9 Å². The fourth-order valence-corrected chi connectivity index (χ4v) is 4.11. The molecule has 1 saturated heterocycles. The van der Waals surface area contributed by atoms with E-state index < -0.39 is 11.7 Å². The Bertz CT molecular complexity index is 840. The zero-order chi connectivity index (χ0) is 21.6. The lowest BCUT2D eigenvalue weighted by Crippen LogP contribution is -2.39. The van der Waals surface area contributed by atoms with Crippen molar-refractivity contribution in [2.45, 2.75) is 25.6 Å². The molecule has 1 aromatic carbocycles. The van der Waals surface area contributed by atoms with Crippen molar-refractivity contribution >= 4 is 47.0 Å². The molecule has 5 nitrogen and oxygen atoms in total. The number of nitrogens with zero attached hydrogens (tertiary/aromatic N) is 2. The maximum absolute atomic E-state index is 13.7. The van der Waals surface area contributed by atoms with Crippen LogP contribution in [0.25, 0.3) is 0 Å². The van der Waals surface area contributed by atoms with E-state index >= 15 is 0 Å². The number of nitrogens with one attached hydrogen (secondary N) is 2. The second kappa shape index (κ2) is 11.9. The Morgan fingerprint density at radius 3 is 2.58 bits per heavy atom. The standard InChI is InChI=1S/C21H27F3N4OS.HI/c1-15(17-5-10-30-14-17)12-26-20(25-2)27-13-16-3-4-18(11-19(16)21(22,23)24)28-6-8-29-9-7-28;/h3-5,10-11,14-15H,6-9,12-13H2,1-2H3,(H2,25,26,27);1H. The molecule has 2 N–H and O–H groups in total. The topological polar surface area (TPSA) is 48.9 Å². The van der Waals surface area contributed by atoms with E-state index in [4.69, 9.17) is 4.74 Å². The maximum Gasteiger partial charge on any atom is 0.416 e. The first kappa shape index (κ1) is 25.7. The van der Waals surface area contributed by atoms with Gasteiger partial charge in [-0.15, -0.1) is 24.0 Å². The normalized spacial score (nSPS) is 15.9. The van der Waals surface area contributed by atoms with Gasteiger partial charge in [0.05, 0.1) is 18.8 Å². The molecule has 0 aliphatic carbocycles. The molecular formula is C21H28F3IN4OS. The van der Waals surface area contributed by atoms with Gasteiger partial charge in [-0.25, -0.2) is 0 Å². The summed E-state index contributed by atoms with van der Waals surface area (Å²) in [6, 6.07) is 6.59. The average molecular weight is 568 g/mol. The molecule has 1 atom stereocenters. The number of morpholine rings is 1. The number of benzene rings is 1. The first-order chi connectivity index (χ1) is 14.4. The highest BCUT2D eigenvalue weighted by Crippen LogP contribution is 2.35. The lowest BCUT2D eigenvalue weighted by Gasteiger charge is -2.29. The molecule has 1 fully saturated rings. The first-order valence-corrected chi connectivity index (χ1v) is 10.8. The fourth-order valence-electron chi connectivity index (χ4n) is 3.32. The lowest BCUT2D eigenvalue weighted by atomic mass is 10.0. The van der Waals surface area contributed by atoms with E-state index in [1.807, 2.05) is 10.3 Å². The van der Waals surface area contributed by atoms with E-state index in [1.54, 1.807) is 30.5 Å². The van der Waals surface area contributed by atoms with Crippen molar-refractivity contribution in [1.29, 1.82) is 0 Å². The van der Waals surface area contributed by atoms with Gasteiger partial charge < -0.3 is 20.3 Å². The number of hydrogen-bond acceptors (Lipinski definition) is 4. The highest BCUT2D eigenvalue weighted by Gasteiger charge is 2.34. The predicted molar refractivity (Wildman–Crippen MR) is 131 cm³/mol. The van der Waals surface area contributed by atoms with Gasteiger partial charge in [-0.3, -0.25) is 4.99 Å². The average Bonchev–Trinajstić information content (AvgIpc) is 3.29. The Morgan fingerprint density at radius 1 is 1.23 bits per heavy atom. The van der Waals surface area contributed by atoms with Crippen LogP contribution in [-0.2, 0) is 17.5 Å². The largest absolute Gasteiger partial charge is 0.416 e. The summed E-state index contributed by atoms with van der Waals surface area (Å²) in [6.45, 7) is 4.99. The molecule has 1 aromatic heterocycles. The van der Waals surface area contributed by atoms with Crippen molar-refractivity contribution in [3.8, 4) is 0 Å². The maximum atomic E-state index is 13.7. The molecular weight excluding hydrogens is 540 g/mol. The number of rotatable bonds is 6. The Kier molecular flexibility index (Phi) is 9.89. The third-order valence-electron chi connectivity index (χ3n) is 5.13. The number of aliphatic imine (C=N–C) groups is 1. The van der Waals surface area contributed by atoms with Crippen molar-refractivity contribution in [2.24, 2.45) is 4.99 Å². The second-order valence-electron chi connectivity index (χ2n) is 7.20. The van der Waals surface area contributed by atoms with Crippen molar-refractivity contribution in [3.63, 3.8) is 0 Å². The van der Waals surface area contributed by atoms with Gasteiger partial charge in [0.15, 0.2) is 5.96 Å². The summed E-state index contributed by atoms with van der Waals surface area (Å²) in [4.78, 5) is 6.05. The van der Waals surface area contributed by atoms with E-state index in [0.29, 0.717) is 44.5 Å². The van der Waals surface area contributed by atoms with Gasteiger partial charge in [-0.2, -0.15) is 24.5 Å². The van der Waals surface area contributed by atoms with E-state index in [2.05, 4.69) is 34.0 Å². The van der Waals surface area contributed by atoms with Crippen LogP contribution in [0.5, 0.6) is 0 Å². The Morgan fingerprint density at radius 2 is 1.97 bits per heavy atom. The summed E-state index contributed by atoms with van der Waals surface area (Å²) >= 11 is 1.64. The number of alkyl halides is 3. The molecule has 10 heteroatoms. The highest BCUT2D eigenvalue weighted by molar-refractivity contribution is 14.0. The Hall–Kier alpha value is -1.53. The minimum absolute atomic E-state index is 0. The molecule has 0 spiro atoms. The molecule has 0 amide bonds. The quantitative estimate of drug-likeness (QED) is 0.302. The molecule has 2 aromatic rings. The van der Waals surface area contributed by atoms with E-state index in [-0.39, 0.29) is 42.0 Å². The molecule has 3 rings (SSSR count). The summed E-state index contributed by atoms with van der Waals surface area (Å²) in [5.74, 6) is 0.746. The van der Waals surface area contributed by atoms with Gasteiger partial charge in [0.2, 0.25) is 0 Å². The van der Waals surface area contributed by atoms with Gasteiger partial charge in [-0.05, 0) is 46.0 Å². The van der Waals surface area contributed by atoms with Crippen molar-refractivity contribution in [2.75, 3.05) is 44.8 Å². The molecule has 2 heterocycles. The van der Waals surface area contributed by atoms with E-state index in [9.17, 15) is 13.2 Å². The minimum atomic E-state index is -4.43. The van der Waals surface area contributed by atoms with E-state index in [0.717, 1.165) is 0 Å². The van der Waals surface area contributed by atoms with E-state index in [1.165, 1.54) is 11.6 Å². The van der Waals surface area contributed by atoms with Crippen LogP contribution in [0.2, 0.25) is 0 Å². The van der Waals surface area contributed by atoms with Crippen molar-refractivity contribution in [3.05, 3.63) is 51.7 Å². The second-order valence-corrected chi connectivity index (χ2v) is 7.98. The molecule has 0 bridgehead atoms. The summed E-state index contributed by atoms with van der Waals surface area (Å²) in [5, 5.41) is 10.3. The Labute approximate surface area is 202 Å². The lowest BCUT2D eigenvalue weighted by molar-refractivity contribution is -0.138. The number of anilines is 1. The third-order valence-corrected chi connectivity index (χ3v) is 5.83. The monoisotopic (exact) mass is 568 g/mol. The van der Waals surface area contributed by atoms with Crippen LogP contribution in [-0.4, -0.2) is 45.9 Å². The summed E-state index contributed by atoms with van der Waals surface area (Å²) in [7, 11) is 1.61. The summed E-state index contributed by atoms with van der Waals surface area (Å²) in [6.07, 6.45) is -4.43. The smallest absolute Gasteiger partial charge is 0.378 e.